The summed E-state index contributed by atoms with van der Waals surface area (Å²) < 4.78 is 0. The van der Waals surface area contributed by atoms with Crippen LogP contribution in [-0.2, 0) is 9.59 Å². The van der Waals surface area contributed by atoms with Crippen LogP contribution in [0.4, 0.5) is 0 Å². The molecule has 4 rings (SSSR count). The van der Waals surface area contributed by atoms with Gasteiger partial charge < -0.3 is 15.3 Å². The third-order valence-electron chi connectivity index (χ3n) is 9.10. The fourth-order valence-corrected chi connectivity index (χ4v) is 7.58. The first-order valence-corrected chi connectivity index (χ1v) is 9.63. The molecular formula is C20H30O5. The van der Waals surface area contributed by atoms with Crippen molar-refractivity contribution in [3.63, 3.8) is 0 Å². The summed E-state index contributed by atoms with van der Waals surface area (Å²) in [6.07, 6.45) is 2.87. The fourth-order valence-electron chi connectivity index (χ4n) is 7.58. The van der Waals surface area contributed by atoms with E-state index in [4.69, 9.17) is 0 Å². The highest BCUT2D eigenvalue weighted by molar-refractivity contribution is 5.89. The van der Waals surface area contributed by atoms with Crippen LogP contribution in [0, 0.1) is 33.5 Å². The molecule has 0 unspecified atom stereocenters. The third-order valence-corrected chi connectivity index (χ3v) is 9.10. The van der Waals surface area contributed by atoms with Crippen molar-refractivity contribution < 1.29 is 24.9 Å². The molecule has 0 aromatic heterocycles. The summed E-state index contributed by atoms with van der Waals surface area (Å²) in [5.41, 5.74) is -2.32. The lowest BCUT2D eigenvalue weighted by atomic mass is 9.39. The number of carbonyl (C=O) groups is 2. The molecule has 3 N–H and O–H groups in total. The van der Waals surface area contributed by atoms with Crippen molar-refractivity contribution in [2.24, 2.45) is 33.5 Å². The number of hydrogen-bond donors (Lipinski definition) is 3. The maximum atomic E-state index is 12.7. The van der Waals surface area contributed by atoms with Crippen LogP contribution in [0.1, 0.15) is 65.7 Å². The molecule has 1 spiro atoms. The molecule has 25 heavy (non-hydrogen) atoms. The average Bonchev–Trinajstić information content (AvgIpc) is 2.76. The van der Waals surface area contributed by atoms with Gasteiger partial charge in [-0.25, -0.2) is 0 Å². The number of rotatable bonds is 1. The largest absolute Gasteiger partial charge is 0.481 e. The Kier molecular flexibility index (Phi) is 3.40. The van der Waals surface area contributed by atoms with Crippen molar-refractivity contribution in [1.82, 2.24) is 0 Å². The highest BCUT2D eigenvalue weighted by atomic mass is 16.4. The number of aliphatic hydroxyl groups is 2. The number of carboxylic acid groups (broad SMARTS) is 1. The van der Waals surface area contributed by atoms with Gasteiger partial charge in [-0.1, -0.05) is 20.3 Å². The summed E-state index contributed by atoms with van der Waals surface area (Å²) in [7, 11) is 0. The molecule has 5 heteroatoms. The zero-order valence-corrected chi connectivity index (χ0v) is 15.4. The molecule has 4 aliphatic rings. The molecule has 0 amide bonds. The lowest BCUT2D eigenvalue weighted by Gasteiger charge is -2.65. The minimum absolute atomic E-state index is 0.00208. The van der Waals surface area contributed by atoms with Crippen LogP contribution in [-0.4, -0.2) is 39.3 Å². The highest BCUT2D eigenvalue weighted by Gasteiger charge is 2.72. The molecular weight excluding hydrogens is 320 g/mol. The van der Waals surface area contributed by atoms with E-state index in [1.165, 1.54) is 0 Å². The van der Waals surface area contributed by atoms with E-state index in [9.17, 15) is 24.9 Å². The predicted octanol–water partition coefficient (Wildman–Crippen LogP) is 2.38. The minimum Gasteiger partial charge on any atom is -0.481 e. The van der Waals surface area contributed by atoms with E-state index in [1.807, 2.05) is 13.8 Å². The molecule has 4 aliphatic carbocycles. The van der Waals surface area contributed by atoms with E-state index in [0.717, 1.165) is 12.8 Å². The molecule has 2 bridgehead atoms. The summed E-state index contributed by atoms with van der Waals surface area (Å²) in [6, 6.07) is 0. The molecule has 8 atom stereocenters. The van der Waals surface area contributed by atoms with Crippen LogP contribution in [0.5, 0.6) is 0 Å². The van der Waals surface area contributed by atoms with Crippen molar-refractivity contribution in [3.8, 4) is 0 Å². The van der Waals surface area contributed by atoms with Gasteiger partial charge in [-0.2, -0.15) is 0 Å². The van der Waals surface area contributed by atoms with Crippen molar-refractivity contribution in [2.75, 3.05) is 0 Å². The maximum absolute atomic E-state index is 12.7. The number of ketones is 1. The monoisotopic (exact) mass is 350 g/mol. The van der Waals surface area contributed by atoms with Gasteiger partial charge in [0, 0.05) is 11.8 Å². The van der Waals surface area contributed by atoms with Crippen LogP contribution >= 0.6 is 0 Å². The third kappa shape index (κ3) is 1.86. The first-order chi connectivity index (χ1) is 11.5. The molecule has 0 radical (unpaired) electrons. The van der Waals surface area contributed by atoms with Gasteiger partial charge in [0.05, 0.1) is 23.0 Å². The molecule has 5 nitrogen and oxygen atoms in total. The Balaban J connectivity index is 1.83. The summed E-state index contributed by atoms with van der Waals surface area (Å²) in [4.78, 5) is 24.8. The van der Waals surface area contributed by atoms with Crippen molar-refractivity contribution >= 4 is 11.8 Å². The average molecular weight is 350 g/mol. The Morgan fingerprint density at radius 3 is 2.32 bits per heavy atom. The normalized spacial score (nSPS) is 57.7. The van der Waals surface area contributed by atoms with Gasteiger partial charge in [0.15, 0.2) is 0 Å². The molecule has 4 fully saturated rings. The number of Topliss-reactive ketones (excluding diaryl/α,β-unsaturated/α-hetero) is 1. The maximum Gasteiger partial charge on any atom is 0.309 e. The molecule has 4 saturated carbocycles. The van der Waals surface area contributed by atoms with Crippen molar-refractivity contribution in [2.45, 2.75) is 77.9 Å². The van der Waals surface area contributed by atoms with Gasteiger partial charge in [-0.3, -0.25) is 9.59 Å². The van der Waals surface area contributed by atoms with Crippen LogP contribution in [0.3, 0.4) is 0 Å². The topological polar surface area (TPSA) is 94.8 Å². The Bertz CT molecular complexity index is 646. The SMILES string of the molecule is C[C@]12CCC[C@@](C)(C(=O)O)[C@@H]1C[C@@H](O)[C@@]13CC(=O)[C@@](C)(C1)[C@H](O)C[C@H]23. The van der Waals surface area contributed by atoms with Crippen LogP contribution in [0.2, 0.25) is 0 Å². The Hall–Kier alpha value is -0.940. The van der Waals surface area contributed by atoms with Gasteiger partial charge in [-0.15, -0.1) is 0 Å². The molecule has 0 heterocycles. The van der Waals surface area contributed by atoms with E-state index in [-0.39, 0.29) is 23.0 Å². The highest BCUT2D eigenvalue weighted by Crippen LogP contribution is 2.72. The van der Waals surface area contributed by atoms with Crippen molar-refractivity contribution in [3.05, 3.63) is 0 Å². The van der Waals surface area contributed by atoms with E-state index < -0.39 is 34.4 Å². The van der Waals surface area contributed by atoms with E-state index in [2.05, 4.69) is 6.92 Å². The second-order valence-electron chi connectivity index (χ2n) is 10.1. The van der Waals surface area contributed by atoms with E-state index >= 15 is 0 Å². The van der Waals surface area contributed by atoms with E-state index in [0.29, 0.717) is 32.1 Å². The Labute approximate surface area is 148 Å². The number of carbonyl (C=O) groups excluding carboxylic acids is 1. The lowest BCUT2D eigenvalue weighted by Crippen LogP contribution is -2.64. The standard InChI is InChI=1S/C20H30O5/c1-17-5-4-6-18(2,16(24)25)11(17)7-14(22)20-9-15(23)19(3,10-20)13(21)8-12(17)20/h11-14,21-22H,4-10H2,1-3H3,(H,24,25)/t11-,12-,13-,14-,17+,18-,19+,20+/m1/s1. The summed E-state index contributed by atoms with van der Waals surface area (Å²) in [5, 5.41) is 31.8. The first-order valence-electron chi connectivity index (χ1n) is 9.63. The van der Waals surface area contributed by atoms with Gasteiger partial charge >= 0.3 is 5.97 Å². The molecule has 140 valence electrons. The van der Waals surface area contributed by atoms with Crippen molar-refractivity contribution in [1.29, 1.82) is 0 Å². The second-order valence-corrected chi connectivity index (χ2v) is 10.1. The predicted molar refractivity (Wildman–Crippen MR) is 90.7 cm³/mol. The van der Waals surface area contributed by atoms with Crippen LogP contribution < -0.4 is 0 Å². The van der Waals surface area contributed by atoms with Crippen LogP contribution in [0.25, 0.3) is 0 Å². The molecule has 0 aromatic rings. The lowest BCUT2D eigenvalue weighted by molar-refractivity contribution is -0.223. The second kappa shape index (κ2) is 4.86. The quantitative estimate of drug-likeness (QED) is 0.675. The number of carboxylic acids is 1. The smallest absolute Gasteiger partial charge is 0.309 e. The molecule has 0 saturated heterocycles. The fraction of sp³-hybridized carbons (Fsp3) is 0.900. The number of hydrogen-bond acceptors (Lipinski definition) is 4. The molecule has 0 aliphatic heterocycles. The zero-order valence-electron chi connectivity index (χ0n) is 15.4. The number of aliphatic hydroxyl groups excluding tert-OH is 2. The van der Waals surface area contributed by atoms with Gasteiger partial charge in [0.2, 0.25) is 0 Å². The molecule has 0 aromatic carbocycles. The van der Waals surface area contributed by atoms with Crippen LogP contribution in [0.15, 0.2) is 0 Å². The van der Waals surface area contributed by atoms with Gasteiger partial charge in [-0.05, 0) is 56.3 Å². The minimum atomic E-state index is -0.843. The van der Waals surface area contributed by atoms with Gasteiger partial charge in [0.1, 0.15) is 5.78 Å². The summed E-state index contributed by atoms with van der Waals surface area (Å²) >= 11 is 0. The van der Waals surface area contributed by atoms with E-state index in [1.54, 1.807) is 0 Å². The number of aliphatic carboxylic acids is 1. The zero-order chi connectivity index (χ0) is 18.4. The summed E-state index contributed by atoms with van der Waals surface area (Å²) in [5.74, 6) is -0.831. The summed E-state index contributed by atoms with van der Waals surface area (Å²) in [6.45, 7) is 5.83. The Morgan fingerprint density at radius 2 is 1.68 bits per heavy atom. The van der Waals surface area contributed by atoms with Gasteiger partial charge in [0.25, 0.3) is 0 Å². The number of fused-ring (bicyclic) bond motifs is 3. The Morgan fingerprint density at radius 1 is 1.04 bits per heavy atom. The first kappa shape index (κ1) is 17.5.